The number of carbonyl (C=O) groups is 2. The maximum atomic E-state index is 13.0. The third-order valence-corrected chi connectivity index (χ3v) is 5.86. The molecular formula is C22H19ClN2O4. The van der Waals surface area contributed by atoms with Gasteiger partial charge >= 0.3 is 5.97 Å². The van der Waals surface area contributed by atoms with Gasteiger partial charge in [-0.1, -0.05) is 35.9 Å². The number of halogens is 1. The van der Waals surface area contributed by atoms with Crippen LogP contribution >= 0.6 is 11.6 Å². The minimum absolute atomic E-state index is 0.276. The highest BCUT2D eigenvalue weighted by Crippen LogP contribution is 2.54. The molecule has 2 N–H and O–H groups in total. The zero-order valence-electron chi connectivity index (χ0n) is 15.6. The Hall–Kier alpha value is -2.83. The predicted molar refractivity (Wildman–Crippen MR) is 108 cm³/mol. The van der Waals surface area contributed by atoms with E-state index in [4.69, 9.17) is 21.1 Å². The molecule has 1 aromatic heterocycles. The second kappa shape index (κ2) is 6.90. The molecule has 2 aliphatic rings. The van der Waals surface area contributed by atoms with Crippen molar-refractivity contribution in [3.63, 3.8) is 0 Å². The third kappa shape index (κ3) is 2.91. The van der Waals surface area contributed by atoms with Crippen molar-refractivity contribution in [1.29, 1.82) is 0 Å². The number of H-pyrrole nitrogens is 1. The van der Waals surface area contributed by atoms with E-state index in [1.54, 1.807) is 25.1 Å². The summed E-state index contributed by atoms with van der Waals surface area (Å²) in [7, 11) is 0. The van der Waals surface area contributed by atoms with E-state index in [-0.39, 0.29) is 24.6 Å². The molecule has 0 saturated carbocycles. The lowest BCUT2D eigenvalue weighted by molar-refractivity contribution is -0.150. The average molecular weight is 411 g/mol. The van der Waals surface area contributed by atoms with Gasteiger partial charge in [-0.3, -0.25) is 9.59 Å². The van der Waals surface area contributed by atoms with E-state index < -0.39 is 18.1 Å². The molecule has 1 amide bonds. The first-order valence-electron chi connectivity index (χ1n) is 9.57. The smallest absolute Gasteiger partial charge is 0.314 e. The van der Waals surface area contributed by atoms with Gasteiger partial charge in [0.05, 0.1) is 18.8 Å². The molecule has 6 nitrogen and oxygen atoms in total. The van der Waals surface area contributed by atoms with Crippen molar-refractivity contribution < 1.29 is 19.1 Å². The number of nitrogens with one attached hydrogen (secondary N) is 2. The van der Waals surface area contributed by atoms with Crippen LogP contribution in [0.5, 0.6) is 0 Å². The number of hydrogen-bond donors (Lipinski definition) is 2. The molecule has 0 spiro atoms. The van der Waals surface area contributed by atoms with E-state index in [0.29, 0.717) is 10.7 Å². The van der Waals surface area contributed by atoms with Crippen LogP contribution in [0, 0.1) is 5.92 Å². The molecule has 3 aromatic rings. The molecule has 2 bridgehead atoms. The normalized spacial score (nSPS) is 24.5. The van der Waals surface area contributed by atoms with E-state index in [1.807, 2.05) is 30.3 Å². The Morgan fingerprint density at radius 3 is 2.66 bits per heavy atom. The van der Waals surface area contributed by atoms with Gasteiger partial charge < -0.3 is 19.8 Å². The van der Waals surface area contributed by atoms with Crippen LogP contribution in [0.25, 0.3) is 10.9 Å². The van der Waals surface area contributed by atoms with E-state index in [1.165, 1.54) is 0 Å². The number of benzene rings is 2. The van der Waals surface area contributed by atoms with Crippen LogP contribution in [0.3, 0.4) is 0 Å². The number of esters is 1. The second-order valence-electron chi connectivity index (χ2n) is 7.30. The quantitative estimate of drug-likeness (QED) is 0.639. The van der Waals surface area contributed by atoms with Crippen LogP contribution in [0.15, 0.2) is 48.5 Å². The number of ether oxygens (including phenoxy) is 2. The van der Waals surface area contributed by atoms with Gasteiger partial charge in [0.2, 0.25) is 0 Å². The molecule has 1 saturated heterocycles. The summed E-state index contributed by atoms with van der Waals surface area (Å²) < 4.78 is 11.4. The van der Waals surface area contributed by atoms with E-state index in [0.717, 1.165) is 22.0 Å². The summed E-state index contributed by atoms with van der Waals surface area (Å²) in [5.41, 5.74) is 3.21. The molecular weight excluding hydrogens is 392 g/mol. The molecule has 2 aliphatic heterocycles. The molecule has 7 heteroatoms. The standard InChI is InChI=1S/C22H19ClN2O4/c1-2-28-22(27)17-18(20-14-6-4-3-5-13(14)19(17)29-20)25-21(26)16-10-11-9-12(23)7-8-15(11)24-16/h3-10,17-20,24H,2H2,1H3,(H,25,26). The Morgan fingerprint density at radius 1 is 1.14 bits per heavy atom. The first kappa shape index (κ1) is 18.2. The summed E-state index contributed by atoms with van der Waals surface area (Å²) in [6.45, 7) is 2.04. The van der Waals surface area contributed by atoms with Crippen LogP contribution in [-0.2, 0) is 14.3 Å². The molecule has 4 atom stereocenters. The number of amides is 1. The second-order valence-corrected chi connectivity index (χ2v) is 7.73. The van der Waals surface area contributed by atoms with Gasteiger partial charge in [0.25, 0.3) is 5.91 Å². The van der Waals surface area contributed by atoms with Crippen LogP contribution in [0.4, 0.5) is 0 Å². The molecule has 2 aromatic carbocycles. The molecule has 29 heavy (non-hydrogen) atoms. The van der Waals surface area contributed by atoms with E-state index in [2.05, 4.69) is 10.3 Å². The van der Waals surface area contributed by atoms with Crippen molar-refractivity contribution in [2.45, 2.75) is 25.2 Å². The number of hydrogen-bond acceptors (Lipinski definition) is 4. The number of aromatic amines is 1. The number of carbonyl (C=O) groups excluding carboxylic acids is 2. The Labute approximate surface area is 172 Å². The Kier molecular flexibility index (Phi) is 4.33. The van der Waals surface area contributed by atoms with Crippen molar-refractivity contribution in [3.8, 4) is 0 Å². The summed E-state index contributed by atoms with van der Waals surface area (Å²) in [4.78, 5) is 28.8. The van der Waals surface area contributed by atoms with Gasteiger partial charge in [-0.25, -0.2) is 0 Å². The topological polar surface area (TPSA) is 80.4 Å². The van der Waals surface area contributed by atoms with Crippen molar-refractivity contribution in [3.05, 3.63) is 70.4 Å². The molecule has 3 heterocycles. The third-order valence-electron chi connectivity index (χ3n) is 5.63. The minimum Gasteiger partial charge on any atom is -0.466 e. The number of rotatable bonds is 4. The highest BCUT2D eigenvalue weighted by Gasteiger charge is 2.56. The summed E-state index contributed by atoms with van der Waals surface area (Å²) in [6.07, 6.45) is -0.796. The van der Waals surface area contributed by atoms with Gasteiger partial charge in [-0.05, 0) is 42.3 Å². The lowest BCUT2D eigenvalue weighted by atomic mass is 9.80. The fourth-order valence-electron chi connectivity index (χ4n) is 4.40. The van der Waals surface area contributed by atoms with Crippen LogP contribution in [-0.4, -0.2) is 29.5 Å². The molecule has 0 aliphatic carbocycles. The zero-order valence-corrected chi connectivity index (χ0v) is 16.4. The first-order valence-corrected chi connectivity index (χ1v) is 9.94. The highest BCUT2D eigenvalue weighted by atomic mass is 35.5. The Morgan fingerprint density at radius 2 is 1.90 bits per heavy atom. The minimum atomic E-state index is -0.586. The SMILES string of the molecule is CCOC(=O)C1C2OC(c3ccccc32)C1NC(=O)c1cc2cc(Cl)ccc2[nH]1. The van der Waals surface area contributed by atoms with Crippen molar-refractivity contribution in [2.75, 3.05) is 6.61 Å². The molecule has 4 unspecified atom stereocenters. The summed E-state index contributed by atoms with van der Waals surface area (Å²) in [5.74, 6) is -1.24. The number of fused-ring (bicyclic) bond motifs is 6. The van der Waals surface area contributed by atoms with Crippen molar-refractivity contribution in [2.24, 2.45) is 5.92 Å². The van der Waals surface area contributed by atoms with Gasteiger partial charge in [0.15, 0.2) is 0 Å². The van der Waals surface area contributed by atoms with E-state index in [9.17, 15) is 9.59 Å². The van der Waals surface area contributed by atoms with Gasteiger partial charge in [-0.15, -0.1) is 0 Å². The highest BCUT2D eigenvalue weighted by molar-refractivity contribution is 6.31. The fourth-order valence-corrected chi connectivity index (χ4v) is 4.58. The average Bonchev–Trinajstić information content (AvgIpc) is 3.39. The maximum Gasteiger partial charge on any atom is 0.314 e. The Bertz CT molecular complexity index is 1120. The monoisotopic (exact) mass is 410 g/mol. The summed E-state index contributed by atoms with van der Waals surface area (Å²) in [5, 5.41) is 4.45. The fraction of sp³-hybridized carbons (Fsp3) is 0.273. The molecule has 1 fully saturated rings. The van der Waals surface area contributed by atoms with Crippen molar-refractivity contribution >= 4 is 34.4 Å². The predicted octanol–water partition coefficient (Wildman–Crippen LogP) is 3.93. The van der Waals surface area contributed by atoms with E-state index >= 15 is 0 Å². The maximum absolute atomic E-state index is 13.0. The molecule has 148 valence electrons. The van der Waals surface area contributed by atoms with Crippen LogP contribution < -0.4 is 5.32 Å². The first-order chi connectivity index (χ1) is 14.1. The van der Waals surface area contributed by atoms with Crippen molar-refractivity contribution in [1.82, 2.24) is 10.3 Å². The van der Waals surface area contributed by atoms with Gasteiger partial charge in [0, 0.05) is 15.9 Å². The van der Waals surface area contributed by atoms with Crippen LogP contribution in [0.1, 0.15) is 40.7 Å². The summed E-state index contributed by atoms with van der Waals surface area (Å²) >= 11 is 6.04. The Balaban J connectivity index is 1.46. The van der Waals surface area contributed by atoms with Crippen LogP contribution in [0.2, 0.25) is 5.02 Å². The summed E-state index contributed by atoms with van der Waals surface area (Å²) in [6, 6.07) is 14.4. The molecule has 0 radical (unpaired) electrons. The lowest BCUT2D eigenvalue weighted by Crippen LogP contribution is -2.46. The number of aromatic nitrogens is 1. The largest absolute Gasteiger partial charge is 0.466 e. The molecule has 5 rings (SSSR count). The van der Waals surface area contributed by atoms with Gasteiger partial charge in [-0.2, -0.15) is 0 Å². The lowest BCUT2D eigenvalue weighted by Gasteiger charge is -2.28. The zero-order chi connectivity index (χ0) is 20.1. The van der Waals surface area contributed by atoms with Gasteiger partial charge in [0.1, 0.15) is 17.7 Å².